The van der Waals surface area contributed by atoms with Gasteiger partial charge in [-0.05, 0) is 56.8 Å². The van der Waals surface area contributed by atoms with Crippen LogP contribution >= 0.6 is 11.8 Å². The van der Waals surface area contributed by atoms with Crippen LogP contribution < -0.4 is 5.32 Å². The number of amides is 1. The molecule has 2 N–H and O–H groups in total. The van der Waals surface area contributed by atoms with E-state index in [1.807, 2.05) is 32.3 Å². The van der Waals surface area contributed by atoms with Gasteiger partial charge in [0.15, 0.2) is 0 Å². The van der Waals surface area contributed by atoms with E-state index in [2.05, 4.69) is 21.3 Å². The third-order valence-corrected chi connectivity index (χ3v) is 4.66. The van der Waals surface area contributed by atoms with Gasteiger partial charge in [-0.2, -0.15) is 0 Å². The number of rotatable bonds is 11. The Bertz CT molecular complexity index is 662. The van der Waals surface area contributed by atoms with Gasteiger partial charge in [0.2, 0.25) is 5.91 Å². The summed E-state index contributed by atoms with van der Waals surface area (Å²) in [5.74, 6) is 1.79. The van der Waals surface area contributed by atoms with Crippen LogP contribution in [0.5, 0.6) is 0 Å². The lowest BCUT2D eigenvalue weighted by atomic mass is 10.1. The van der Waals surface area contributed by atoms with Gasteiger partial charge in [0.05, 0.1) is 23.9 Å². The zero-order valence-electron chi connectivity index (χ0n) is 15.4. The molecule has 2 aromatic rings. The molecular formula is C19H27N3O3S. The van der Waals surface area contributed by atoms with E-state index in [0.29, 0.717) is 24.3 Å². The molecule has 0 saturated carbocycles. The lowest BCUT2D eigenvalue weighted by molar-refractivity contribution is -0.119. The molecule has 0 bridgehead atoms. The SMILES string of the molecule is CN(C)Cc1ccnc(CCC(O)CNC(=O)CSCc2ccco2)c1. The largest absolute Gasteiger partial charge is 0.468 e. The maximum atomic E-state index is 11.8. The maximum absolute atomic E-state index is 11.8. The molecule has 0 spiro atoms. The van der Waals surface area contributed by atoms with Crippen LogP contribution in [0.3, 0.4) is 0 Å². The summed E-state index contributed by atoms with van der Waals surface area (Å²) in [7, 11) is 4.05. The molecule has 2 heterocycles. The highest BCUT2D eigenvalue weighted by molar-refractivity contribution is 7.99. The molecule has 0 aliphatic heterocycles. The number of aryl methyl sites for hydroxylation is 1. The van der Waals surface area contributed by atoms with E-state index in [1.54, 1.807) is 12.5 Å². The Morgan fingerprint density at radius 3 is 3.00 bits per heavy atom. The van der Waals surface area contributed by atoms with Crippen molar-refractivity contribution in [3.8, 4) is 0 Å². The highest BCUT2D eigenvalue weighted by atomic mass is 32.2. The summed E-state index contributed by atoms with van der Waals surface area (Å²) in [5, 5.41) is 12.8. The second kappa shape index (κ2) is 11.0. The van der Waals surface area contributed by atoms with Crippen LogP contribution in [0.4, 0.5) is 0 Å². The predicted octanol–water partition coefficient (Wildman–Crippen LogP) is 2.08. The predicted molar refractivity (Wildman–Crippen MR) is 104 cm³/mol. The van der Waals surface area contributed by atoms with Gasteiger partial charge in [-0.25, -0.2) is 0 Å². The van der Waals surface area contributed by atoms with E-state index in [9.17, 15) is 9.90 Å². The van der Waals surface area contributed by atoms with Crippen molar-refractivity contribution in [3.63, 3.8) is 0 Å². The number of hydrogen-bond donors (Lipinski definition) is 2. The number of carbonyl (C=O) groups excluding carboxylic acids is 1. The zero-order valence-corrected chi connectivity index (χ0v) is 16.2. The number of hydrogen-bond acceptors (Lipinski definition) is 6. The number of carbonyl (C=O) groups is 1. The van der Waals surface area contributed by atoms with E-state index in [4.69, 9.17) is 4.42 Å². The Kier molecular flexibility index (Phi) is 8.67. The smallest absolute Gasteiger partial charge is 0.230 e. The fourth-order valence-corrected chi connectivity index (χ4v) is 3.22. The standard InChI is InChI=1S/C19H27N3O3S/c1-22(2)12-15-7-8-20-16(10-15)5-6-17(23)11-21-19(24)14-26-13-18-4-3-9-25-18/h3-4,7-10,17,23H,5-6,11-14H2,1-2H3,(H,21,24). The minimum atomic E-state index is -0.576. The molecule has 1 atom stereocenters. The maximum Gasteiger partial charge on any atom is 0.230 e. The van der Waals surface area contributed by atoms with Gasteiger partial charge in [0.1, 0.15) is 5.76 Å². The van der Waals surface area contributed by atoms with Crippen LogP contribution in [0.15, 0.2) is 41.1 Å². The van der Waals surface area contributed by atoms with Crippen LogP contribution in [0.25, 0.3) is 0 Å². The Labute approximate surface area is 159 Å². The van der Waals surface area contributed by atoms with E-state index in [-0.39, 0.29) is 12.5 Å². The molecule has 1 unspecified atom stereocenters. The summed E-state index contributed by atoms with van der Waals surface area (Å²) < 4.78 is 5.22. The molecule has 0 aliphatic rings. The van der Waals surface area contributed by atoms with Crippen molar-refractivity contribution >= 4 is 17.7 Å². The second-order valence-electron chi connectivity index (χ2n) is 6.46. The van der Waals surface area contributed by atoms with E-state index >= 15 is 0 Å². The fraction of sp³-hybridized carbons (Fsp3) is 0.474. The monoisotopic (exact) mass is 377 g/mol. The van der Waals surface area contributed by atoms with Crippen molar-refractivity contribution in [2.45, 2.75) is 31.2 Å². The molecule has 0 aromatic carbocycles. The van der Waals surface area contributed by atoms with Gasteiger partial charge in [-0.3, -0.25) is 9.78 Å². The average molecular weight is 378 g/mol. The lowest BCUT2D eigenvalue weighted by Crippen LogP contribution is -2.33. The van der Waals surface area contributed by atoms with Gasteiger partial charge in [-0.15, -0.1) is 11.8 Å². The number of aliphatic hydroxyl groups excluding tert-OH is 1. The first-order valence-corrected chi connectivity index (χ1v) is 9.82. The molecule has 2 aromatic heterocycles. The number of furan rings is 1. The normalized spacial score (nSPS) is 12.3. The molecule has 0 aliphatic carbocycles. The molecule has 6 nitrogen and oxygen atoms in total. The van der Waals surface area contributed by atoms with Crippen molar-refractivity contribution in [2.24, 2.45) is 0 Å². The van der Waals surface area contributed by atoms with Gasteiger partial charge >= 0.3 is 0 Å². The summed E-state index contributed by atoms with van der Waals surface area (Å²) in [6.45, 7) is 1.13. The Hall–Kier alpha value is -1.83. The number of nitrogens with one attached hydrogen (secondary N) is 1. The Morgan fingerprint density at radius 2 is 2.27 bits per heavy atom. The van der Waals surface area contributed by atoms with E-state index in [1.165, 1.54) is 17.3 Å². The number of pyridine rings is 1. The van der Waals surface area contributed by atoms with Crippen molar-refractivity contribution in [3.05, 3.63) is 53.7 Å². The quantitative estimate of drug-likeness (QED) is 0.624. The summed E-state index contributed by atoms with van der Waals surface area (Å²) in [6, 6.07) is 7.78. The molecule has 2 rings (SSSR count). The summed E-state index contributed by atoms with van der Waals surface area (Å²) in [5.41, 5.74) is 2.17. The highest BCUT2D eigenvalue weighted by Gasteiger charge is 2.09. The van der Waals surface area contributed by atoms with Crippen LogP contribution in [0.1, 0.15) is 23.4 Å². The molecule has 26 heavy (non-hydrogen) atoms. The van der Waals surface area contributed by atoms with Crippen molar-refractivity contribution in [1.82, 2.24) is 15.2 Å². The third kappa shape index (κ3) is 8.03. The van der Waals surface area contributed by atoms with Crippen molar-refractivity contribution < 1.29 is 14.3 Å². The fourth-order valence-electron chi connectivity index (χ4n) is 2.47. The Balaban J connectivity index is 1.62. The van der Waals surface area contributed by atoms with Gasteiger partial charge in [-0.1, -0.05) is 0 Å². The molecule has 7 heteroatoms. The first-order valence-electron chi connectivity index (χ1n) is 8.66. The summed E-state index contributed by atoms with van der Waals surface area (Å²) >= 11 is 1.49. The third-order valence-electron chi connectivity index (χ3n) is 3.71. The molecule has 0 fully saturated rings. The van der Waals surface area contributed by atoms with Gasteiger partial charge < -0.3 is 19.7 Å². The number of aromatic nitrogens is 1. The van der Waals surface area contributed by atoms with Crippen LogP contribution in [0.2, 0.25) is 0 Å². The van der Waals surface area contributed by atoms with Crippen molar-refractivity contribution in [1.29, 1.82) is 0 Å². The molecule has 0 radical (unpaired) electrons. The van der Waals surface area contributed by atoms with E-state index < -0.39 is 6.10 Å². The first kappa shape index (κ1) is 20.5. The van der Waals surface area contributed by atoms with Crippen LogP contribution in [-0.4, -0.2) is 53.4 Å². The minimum absolute atomic E-state index is 0.0771. The zero-order chi connectivity index (χ0) is 18.8. The number of nitrogens with zero attached hydrogens (tertiary/aromatic N) is 2. The topological polar surface area (TPSA) is 78.6 Å². The van der Waals surface area contributed by atoms with Crippen LogP contribution in [-0.2, 0) is 23.5 Å². The van der Waals surface area contributed by atoms with Crippen LogP contribution in [0, 0.1) is 0 Å². The second-order valence-corrected chi connectivity index (χ2v) is 7.45. The number of aliphatic hydroxyl groups is 1. The van der Waals surface area contributed by atoms with Gasteiger partial charge in [0.25, 0.3) is 0 Å². The average Bonchev–Trinajstić information content (AvgIpc) is 3.11. The van der Waals surface area contributed by atoms with Gasteiger partial charge in [0, 0.05) is 25.0 Å². The molecule has 0 saturated heterocycles. The minimum Gasteiger partial charge on any atom is -0.468 e. The molecular weight excluding hydrogens is 350 g/mol. The summed E-state index contributed by atoms with van der Waals surface area (Å²) in [6.07, 6.45) is 4.10. The highest BCUT2D eigenvalue weighted by Crippen LogP contribution is 2.12. The summed E-state index contributed by atoms with van der Waals surface area (Å²) in [4.78, 5) is 18.3. The molecule has 1 amide bonds. The van der Waals surface area contributed by atoms with E-state index in [0.717, 1.165) is 18.0 Å². The first-order chi connectivity index (χ1) is 12.5. The number of thioether (sulfide) groups is 1. The lowest BCUT2D eigenvalue weighted by Gasteiger charge is -2.13. The Morgan fingerprint density at radius 1 is 1.42 bits per heavy atom. The van der Waals surface area contributed by atoms with Crippen molar-refractivity contribution in [2.75, 3.05) is 26.4 Å². The molecule has 142 valence electrons.